The Morgan fingerprint density at radius 1 is 1.15 bits per heavy atom. The molecule has 2 aromatic heterocycles. The van der Waals surface area contributed by atoms with Gasteiger partial charge in [-0.1, -0.05) is 30.3 Å². The number of hydrogen-bond acceptors (Lipinski definition) is 6. The van der Waals surface area contributed by atoms with Crippen LogP contribution in [-0.4, -0.2) is 33.9 Å². The molecule has 0 aliphatic heterocycles. The van der Waals surface area contributed by atoms with E-state index in [1.807, 2.05) is 30.3 Å². The van der Waals surface area contributed by atoms with Crippen LogP contribution in [0.25, 0.3) is 10.6 Å². The lowest BCUT2D eigenvalue weighted by atomic mass is 10.2. The third-order valence-electron chi connectivity index (χ3n) is 3.50. The lowest BCUT2D eigenvalue weighted by molar-refractivity contribution is -0.123. The number of thiazole rings is 1. The molecule has 2 amide bonds. The lowest BCUT2D eigenvalue weighted by Gasteiger charge is -2.05. The summed E-state index contributed by atoms with van der Waals surface area (Å²) in [4.78, 5) is 39.9. The van der Waals surface area contributed by atoms with Crippen molar-refractivity contribution in [2.24, 2.45) is 7.05 Å². The van der Waals surface area contributed by atoms with E-state index in [1.54, 1.807) is 35.3 Å². The van der Waals surface area contributed by atoms with Gasteiger partial charge < -0.3 is 9.30 Å². The molecular formula is C18H15N3O4S. The quantitative estimate of drug-likeness (QED) is 0.697. The molecule has 1 N–H and O–H groups in total. The third kappa shape index (κ3) is 4.04. The highest BCUT2D eigenvalue weighted by atomic mass is 32.1. The molecule has 0 unspecified atom stereocenters. The van der Waals surface area contributed by atoms with Crippen LogP contribution in [0.5, 0.6) is 0 Å². The summed E-state index contributed by atoms with van der Waals surface area (Å²) in [5, 5.41) is 4.42. The third-order valence-corrected chi connectivity index (χ3v) is 4.39. The number of aryl methyl sites for hydroxylation is 1. The molecule has 0 saturated carbocycles. The van der Waals surface area contributed by atoms with Crippen LogP contribution in [0.15, 0.2) is 54.0 Å². The van der Waals surface area contributed by atoms with Crippen LogP contribution in [0.2, 0.25) is 0 Å². The van der Waals surface area contributed by atoms with Gasteiger partial charge in [-0.15, -0.1) is 11.3 Å². The fourth-order valence-electron chi connectivity index (χ4n) is 2.21. The van der Waals surface area contributed by atoms with Crippen LogP contribution < -0.4 is 5.32 Å². The van der Waals surface area contributed by atoms with E-state index < -0.39 is 24.4 Å². The maximum Gasteiger partial charge on any atom is 0.358 e. The molecule has 8 heteroatoms. The number of carbonyl (C=O) groups is 3. The van der Waals surface area contributed by atoms with Crippen molar-refractivity contribution in [3.05, 3.63) is 65.4 Å². The number of hydrogen-bond donors (Lipinski definition) is 1. The molecule has 0 radical (unpaired) electrons. The standard InChI is InChI=1S/C18H15N3O4S/c1-21-9-5-8-14(21)16(23)20-15(22)10-25-18(24)13-11-26-17(19-13)12-6-3-2-4-7-12/h2-9,11H,10H2,1H3,(H,20,22,23). The molecular weight excluding hydrogens is 354 g/mol. The molecule has 0 bridgehead atoms. The summed E-state index contributed by atoms with van der Waals surface area (Å²) >= 11 is 1.31. The van der Waals surface area contributed by atoms with Crippen LogP contribution >= 0.6 is 11.3 Å². The van der Waals surface area contributed by atoms with Crippen molar-refractivity contribution < 1.29 is 19.1 Å². The normalized spacial score (nSPS) is 10.3. The van der Waals surface area contributed by atoms with E-state index >= 15 is 0 Å². The van der Waals surface area contributed by atoms with Crippen LogP contribution in [-0.2, 0) is 16.6 Å². The van der Waals surface area contributed by atoms with Gasteiger partial charge in [0.1, 0.15) is 10.7 Å². The topological polar surface area (TPSA) is 90.3 Å². The van der Waals surface area contributed by atoms with Crippen LogP contribution in [0.4, 0.5) is 0 Å². The number of esters is 1. The molecule has 132 valence electrons. The smallest absolute Gasteiger partial charge is 0.358 e. The highest BCUT2D eigenvalue weighted by Crippen LogP contribution is 2.23. The van der Waals surface area contributed by atoms with Gasteiger partial charge in [-0.25, -0.2) is 9.78 Å². The van der Waals surface area contributed by atoms with E-state index in [1.165, 1.54) is 11.3 Å². The Labute approximate surface area is 153 Å². The SMILES string of the molecule is Cn1cccc1C(=O)NC(=O)COC(=O)c1csc(-c2ccccc2)n1. The van der Waals surface area contributed by atoms with E-state index in [-0.39, 0.29) is 5.69 Å². The predicted octanol–water partition coefficient (Wildman–Crippen LogP) is 2.26. The second-order valence-corrected chi connectivity index (χ2v) is 6.22. The molecule has 1 aromatic carbocycles. The maximum atomic E-state index is 12.0. The summed E-state index contributed by atoms with van der Waals surface area (Å²) in [5.74, 6) is -1.98. The first kappa shape index (κ1) is 17.6. The average molecular weight is 369 g/mol. The van der Waals surface area contributed by atoms with Gasteiger partial charge in [0, 0.05) is 24.2 Å². The predicted molar refractivity (Wildman–Crippen MR) is 95.7 cm³/mol. The summed E-state index contributed by atoms with van der Waals surface area (Å²) in [6.45, 7) is -0.562. The van der Waals surface area contributed by atoms with Gasteiger partial charge >= 0.3 is 5.97 Å². The summed E-state index contributed by atoms with van der Waals surface area (Å²) in [7, 11) is 1.69. The number of rotatable bonds is 5. The zero-order valence-corrected chi connectivity index (χ0v) is 14.7. The second kappa shape index (κ2) is 7.75. The molecule has 0 atom stereocenters. The first-order chi connectivity index (χ1) is 12.5. The molecule has 3 rings (SSSR count). The first-order valence-electron chi connectivity index (χ1n) is 7.68. The number of nitrogens with zero attached hydrogens (tertiary/aromatic N) is 2. The fourth-order valence-corrected chi connectivity index (χ4v) is 3.01. The number of aromatic nitrogens is 2. The average Bonchev–Trinajstić information content (AvgIpc) is 3.29. The van der Waals surface area contributed by atoms with Crippen molar-refractivity contribution in [3.8, 4) is 10.6 Å². The van der Waals surface area contributed by atoms with Crippen LogP contribution in [0.1, 0.15) is 21.0 Å². The molecule has 0 aliphatic carbocycles. The molecule has 2 heterocycles. The summed E-state index contributed by atoms with van der Waals surface area (Å²) < 4.78 is 6.50. The van der Waals surface area contributed by atoms with Crippen LogP contribution in [0.3, 0.4) is 0 Å². The Balaban J connectivity index is 1.54. The first-order valence-corrected chi connectivity index (χ1v) is 8.56. The van der Waals surface area contributed by atoms with Crippen LogP contribution in [0, 0.1) is 0 Å². The van der Waals surface area contributed by atoms with E-state index in [2.05, 4.69) is 10.3 Å². The summed E-state index contributed by atoms with van der Waals surface area (Å²) in [6.07, 6.45) is 1.69. The molecule has 3 aromatic rings. The minimum absolute atomic E-state index is 0.121. The lowest BCUT2D eigenvalue weighted by Crippen LogP contribution is -2.35. The van der Waals surface area contributed by atoms with Gasteiger partial charge in [-0.05, 0) is 12.1 Å². The molecule has 0 fully saturated rings. The van der Waals surface area contributed by atoms with Crippen molar-refractivity contribution in [1.82, 2.24) is 14.9 Å². The molecule has 26 heavy (non-hydrogen) atoms. The number of amides is 2. The zero-order valence-electron chi connectivity index (χ0n) is 13.8. The second-order valence-electron chi connectivity index (χ2n) is 5.36. The minimum Gasteiger partial charge on any atom is -0.451 e. The van der Waals surface area contributed by atoms with E-state index in [4.69, 9.17) is 4.74 Å². The number of carbonyl (C=O) groups excluding carboxylic acids is 3. The Bertz CT molecular complexity index is 946. The Morgan fingerprint density at radius 2 is 1.92 bits per heavy atom. The zero-order chi connectivity index (χ0) is 18.5. The van der Waals surface area contributed by atoms with Gasteiger partial charge in [-0.2, -0.15) is 0 Å². The van der Waals surface area contributed by atoms with Gasteiger partial charge in [0.05, 0.1) is 0 Å². The Kier molecular flexibility index (Phi) is 5.23. The molecule has 7 nitrogen and oxygen atoms in total. The number of ether oxygens (including phenoxy) is 1. The minimum atomic E-state index is -0.718. The summed E-state index contributed by atoms with van der Waals surface area (Å²) in [5.41, 5.74) is 1.34. The number of nitrogens with one attached hydrogen (secondary N) is 1. The van der Waals surface area contributed by atoms with Crippen molar-refractivity contribution in [2.45, 2.75) is 0 Å². The fraction of sp³-hybridized carbons (Fsp3) is 0.111. The van der Waals surface area contributed by atoms with Crippen molar-refractivity contribution in [1.29, 1.82) is 0 Å². The number of imide groups is 1. The van der Waals surface area contributed by atoms with E-state index in [0.29, 0.717) is 10.7 Å². The molecule has 0 saturated heterocycles. The van der Waals surface area contributed by atoms with Crippen molar-refractivity contribution >= 4 is 29.1 Å². The Morgan fingerprint density at radius 3 is 2.62 bits per heavy atom. The molecule has 0 spiro atoms. The van der Waals surface area contributed by atoms with Crippen molar-refractivity contribution in [2.75, 3.05) is 6.61 Å². The van der Waals surface area contributed by atoms with Crippen molar-refractivity contribution in [3.63, 3.8) is 0 Å². The Hall–Kier alpha value is -3.26. The molecule has 0 aliphatic rings. The largest absolute Gasteiger partial charge is 0.451 e. The van der Waals surface area contributed by atoms with Gasteiger partial charge in [0.25, 0.3) is 11.8 Å². The van der Waals surface area contributed by atoms with E-state index in [9.17, 15) is 14.4 Å². The maximum absolute atomic E-state index is 12.0. The van der Waals surface area contributed by atoms with E-state index in [0.717, 1.165) is 5.56 Å². The van der Waals surface area contributed by atoms with Gasteiger partial charge in [-0.3, -0.25) is 14.9 Å². The summed E-state index contributed by atoms with van der Waals surface area (Å²) in [6, 6.07) is 12.7. The highest BCUT2D eigenvalue weighted by Gasteiger charge is 2.17. The van der Waals surface area contributed by atoms with Gasteiger partial charge in [0.15, 0.2) is 12.3 Å². The highest BCUT2D eigenvalue weighted by molar-refractivity contribution is 7.13. The number of benzene rings is 1. The monoisotopic (exact) mass is 369 g/mol. The van der Waals surface area contributed by atoms with Gasteiger partial charge in [0.2, 0.25) is 0 Å².